The lowest BCUT2D eigenvalue weighted by Crippen LogP contribution is -2.18. The lowest BCUT2D eigenvalue weighted by molar-refractivity contribution is 0.361. The highest BCUT2D eigenvalue weighted by atomic mass is 16.5. The van der Waals surface area contributed by atoms with E-state index in [-0.39, 0.29) is 0 Å². The van der Waals surface area contributed by atoms with Gasteiger partial charge in [-0.05, 0) is 46.1 Å². The first-order valence-corrected chi connectivity index (χ1v) is 6.49. The summed E-state index contributed by atoms with van der Waals surface area (Å²) in [5, 5.41) is 0. The second-order valence-corrected chi connectivity index (χ2v) is 5.14. The van der Waals surface area contributed by atoms with Crippen molar-refractivity contribution >= 4 is 17.0 Å². The van der Waals surface area contributed by atoms with Gasteiger partial charge in [0.1, 0.15) is 5.75 Å². The quantitative estimate of drug-likeness (QED) is 0.897. The van der Waals surface area contributed by atoms with Crippen molar-refractivity contribution < 1.29 is 4.74 Å². The predicted molar refractivity (Wildman–Crippen MR) is 78.6 cm³/mol. The largest absolute Gasteiger partial charge is 0.497 e. The van der Waals surface area contributed by atoms with Gasteiger partial charge < -0.3 is 19.9 Å². The van der Waals surface area contributed by atoms with Crippen LogP contribution in [-0.2, 0) is 0 Å². The monoisotopic (exact) mass is 262 g/mol. The molecule has 2 aromatic rings. The highest BCUT2D eigenvalue weighted by Gasteiger charge is 2.14. The number of rotatable bonds is 5. The fourth-order valence-electron chi connectivity index (χ4n) is 2.26. The molecular weight excluding hydrogens is 240 g/mol. The van der Waals surface area contributed by atoms with Crippen molar-refractivity contribution in [3.05, 3.63) is 18.2 Å². The van der Waals surface area contributed by atoms with Crippen LogP contribution in [0.1, 0.15) is 19.4 Å². The Morgan fingerprint density at radius 1 is 1.42 bits per heavy atom. The maximum Gasteiger partial charge on any atom is 0.201 e. The molecule has 2 N–H and O–H groups in total. The maximum atomic E-state index is 6.05. The van der Waals surface area contributed by atoms with Crippen LogP contribution in [-0.4, -0.2) is 42.2 Å². The summed E-state index contributed by atoms with van der Waals surface area (Å²) in [7, 11) is 5.82. The topological polar surface area (TPSA) is 56.3 Å². The van der Waals surface area contributed by atoms with E-state index in [1.165, 1.54) is 0 Å². The molecular formula is C14H22N4O. The van der Waals surface area contributed by atoms with Gasteiger partial charge in [0.15, 0.2) is 0 Å². The Kier molecular flexibility index (Phi) is 3.95. The standard InChI is InChI=1S/C14H22N4O/c1-10(7-8-17(2)3)18-13-9-11(19-4)5-6-12(13)16-14(18)15/h5-6,9-10H,7-8H2,1-4H3,(H2,15,16). The number of fused-ring (bicyclic) bond motifs is 1. The van der Waals surface area contributed by atoms with Crippen LogP contribution in [0.5, 0.6) is 5.75 Å². The average molecular weight is 262 g/mol. The summed E-state index contributed by atoms with van der Waals surface area (Å²) in [6.07, 6.45) is 1.03. The molecule has 1 aromatic carbocycles. The summed E-state index contributed by atoms with van der Waals surface area (Å²) in [6.45, 7) is 3.19. The molecule has 0 spiro atoms. The molecule has 1 atom stereocenters. The second-order valence-electron chi connectivity index (χ2n) is 5.14. The van der Waals surface area contributed by atoms with Crippen LogP contribution in [0, 0.1) is 0 Å². The summed E-state index contributed by atoms with van der Waals surface area (Å²) in [6, 6.07) is 6.15. The minimum atomic E-state index is 0.305. The first kappa shape index (κ1) is 13.7. The number of imidazole rings is 1. The number of aromatic nitrogens is 2. The predicted octanol–water partition coefficient (Wildman–Crippen LogP) is 2.14. The van der Waals surface area contributed by atoms with Gasteiger partial charge in [-0.25, -0.2) is 4.98 Å². The molecule has 0 fully saturated rings. The minimum Gasteiger partial charge on any atom is -0.497 e. The average Bonchev–Trinajstić information content (AvgIpc) is 2.70. The molecule has 1 aromatic heterocycles. The molecule has 0 aliphatic carbocycles. The number of nitrogens with two attached hydrogens (primary N) is 1. The fourth-order valence-corrected chi connectivity index (χ4v) is 2.26. The molecule has 2 rings (SSSR count). The van der Waals surface area contributed by atoms with Crippen LogP contribution in [0.4, 0.5) is 5.95 Å². The van der Waals surface area contributed by atoms with Gasteiger partial charge in [-0.2, -0.15) is 0 Å². The molecule has 0 bridgehead atoms. The Balaban J connectivity index is 2.37. The molecule has 0 saturated heterocycles. The Morgan fingerprint density at radius 3 is 2.79 bits per heavy atom. The van der Waals surface area contributed by atoms with Gasteiger partial charge in [0.25, 0.3) is 0 Å². The first-order valence-electron chi connectivity index (χ1n) is 6.49. The van der Waals surface area contributed by atoms with Crippen LogP contribution < -0.4 is 10.5 Å². The fraction of sp³-hybridized carbons (Fsp3) is 0.500. The summed E-state index contributed by atoms with van der Waals surface area (Å²) in [4.78, 5) is 6.58. The number of benzene rings is 1. The van der Waals surface area contributed by atoms with Crippen molar-refractivity contribution in [3.8, 4) is 5.75 Å². The molecule has 19 heavy (non-hydrogen) atoms. The third-order valence-corrected chi connectivity index (χ3v) is 3.36. The Hall–Kier alpha value is -1.75. The number of anilines is 1. The molecule has 0 radical (unpaired) electrons. The van der Waals surface area contributed by atoms with Crippen LogP contribution in [0.3, 0.4) is 0 Å². The zero-order valence-electron chi connectivity index (χ0n) is 12.1. The van der Waals surface area contributed by atoms with E-state index in [0.717, 1.165) is 29.7 Å². The van der Waals surface area contributed by atoms with Crippen molar-refractivity contribution in [1.82, 2.24) is 14.5 Å². The van der Waals surface area contributed by atoms with Gasteiger partial charge in [-0.3, -0.25) is 0 Å². The Labute approximate surface area is 114 Å². The zero-order chi connectivity index (χ0) is 14.0. The van der Waals surface area contributed by atoms with Crippen LogP contribution >= 0.6 is 0 Å². The van der Waals surface area contributed by atoms with Crippen LogP contribution in [0.2, 0.25) is 0 Å². The van der Waals surface area contributed by atoms with Crippen LogP contribution in [0.15, 0.2) is 18.2 Å². The SMILES string of the molecule is COc1ccc2nc(N)n(C(C)CCN(C)C)c2c1. The summed E-state index contributed by atoms with van der Waals surface area (Å²) >= 11 is 0. The second kappa shape index (κ2) is 5.48. The normalized spacial score (nSPS) is 13.1. The number of nitrogen functional groups attached to an aromatic ring is 1. The lowest BCUT2D eigenvalue weighted by atomic mass is 10.2. The van der Waals surface area contributed by atoms with Gasteiger partial charge in [-0.15, -0.1) is 0 Å². The number of hydrogen-bond acceptors (Lipinski definition) is 4. The van der Waals surface area contributed by atoms with Gasteiger partial charge >= 0.3 is 0 Å². The van der Waals surface area contributed by atoms with Crippen molar-refractivity contribution in [2.75, 3.05) is 33.5 Å². The molecule has 5 heteroatoms. The molecule has 0 saturated carbocycles. The number of ether oxygens (including phenoxy) is 1. The number of nitrogens with zero attached hydrogens (tertiary/aromatic N) is 3. The molecule has 0 amide bonds. The van der Waals surface area contributed by atoms with E-state index in [9.17, 15) is 0 Å². The molecule has 1 unspecified atom stereocenters. The van der Waals surface area contributed by atoms with E-state index in [0.29, 0.717) is 12.0 Å². The van der Waals surface area contributed by atoms with E-state index in [1.54, 1.807) is 7.11 Å². The van der Waals surface area contributed by atoms with Gasteiger partial charge in [0, 0.05) is 12.1 Å². The highest BCUT2D eigenvalue weighted by molar-refractivity contribution is 5.80. The molecule has 5 nitrogen and oxygen atoms in total. The van der Waals surface area contributed by atoms with E-state index < -0.39 is 0 Å². The molecule has 0 aliphatic rings. The molecule has 1 heterocycles. The summed E-state index contributed by atoms with van der Waals surface area (Å²) in [5.41, 5.74) is 7.99. The third-order valence-electron chi connectivity index (χ3n) is 3.36. The Bertz CT molecular complexity index is 562. The van der Waals surface area contributed by atoms with Gasteiger partial charge in [0.2, 0.25) is 5.95 Å². The van der Waals surface area contributed by atoms with Gasteiger partial charge in [-0.1, -0.05) is 0 Å². The smallest absolute Gasteiger partial charge is 0.201 e. The third kappa shape index (κ3) is 2.81. The lowest BCUT2D eigenvalue weighted by Gasteiger charge is -2.18. The van der Waals surface area contributed by atoms with E-state index in [1.807, 2.05) is 18.2 Å². The highest BCUT2D eigenvalue weighted by Crippen LogP contribution is 2.27. The Morgan fingerprint density at radius 2 is 2.16 bits per heavy atom. The van der Waals surface area contributed by atoms with E-state index >= 15 is 0 Å². The summed E-state index contributed by atoms with van der Waals surface area (Å²) in [5.74, 6) is 1.39. The number of methoxy groups -OCH3 is 1. The van der Waals surface area contributed by atoms with Crippen molar-refractivity contribution in [3.63, 3.8) is 0 Å². The van der Waals surface area contributed by atoms with Crippen LogP contribution in [0.25, 0.3) is 11.0 Å². The summed E-state index contributed by atoms with van der Waals surface area (Å²) < 4.78 is 7.36. The van der Waals surface area contributed by atoms with Crippen molar-refractivity contribution in [2.45, 2.75) is 19.4 Å². The zero-order valence-corrected chi connectivity index (χ0v) is 12.1. The molecule has 0 aliphatic heterocycles. The van der Waals surface area contributed by atoms with E-state index in [2.05, 4.69) is 35.5 Å². The maximum absolute atomic E-state index is 6.05. The number of hydrogen-bond donors (Lipinski definition) is 1. The molecule has 104 valence electrons. The first-order chi connectivity index (χ1) is 9.02. The minimum absolute atomic E-state index is 0.305. The van der Waals surface area contributed by atoms with Crippen molar-refractivity contribution in [2.24, 2.45) is 0 Å². The van der Waals surface area contributed by atoms with E-state index in [4.69, 9.17) is 10.5 Å². The van der Waals surface area contributed by atoms with Gasteiger partial charge in [0.05, 0.1) is 18.1 Å². The van der Waals surface area contributed by atoms with Crippen molar-refractivity contribution in [1.29, 1.82) is 0 Å².